The van der Waals surface area contributed by atoms with Crippen LogP contribution in [-0.2, 0) is 19.1 Å². The number of ketones is 1. The number of methoxy groups -OCH3 is 1. The van der Waals surface area contributed by atoms with E-state index in [2.05, 4.69) is 6.92 Å². The van der Waals surface area contributed by atoms with Crippen LogP contribution in [0.1, 0.15) is 59.8 Å². The Labute approximate surface area is 155 Å². The van der Waals surface area contributed by atoms with Gasteiger partial charge in [0.15, 0.2) is 11.4 Å². The number of carbonyl (C=O) groups excluding carboxylic acids is 2. The molecule has 4 rings (SSSR count). The Balaban J connectivity index is 1.81. The van der Waals surface area contributed by atoms with Crippen molar-refractivity contribution in [3.63, 3.8) is 0 Å². The van der Waals surface area contributed by atoms with Crippen LogP contribution in [0.5, 0.6) is 0 Å². The molecule has 5 nitrogen and oxygen atoms in total. The average Bonchev–Trinajstić information content (AvgIpc) is 3.35. The van der Waals surface area contributed by atoms with E-state index in [0.29, 0.717) is 6.42 Å². The molecule has 6 atom stereocenters. The smallest absolute Gasteiger partial charge is 0.311 e. The topological polar surface area (TPSA) is 76.1 Å². The van der Waals surface area contributed by atoms with Crippen LogP contribution in [-0.4, -0.2) is 41.3 Å². The second-order valence-corrected chi connectivity index (χ2v) is 9.56. The molecule has 0 aromatic carbocycles. The minimum absolute atomic E-state index is 0.0237. The Bertz CT molecular complexity index is 711. The summed E-state index contributed by atoms with van der Waals surface area (Å²) in [7, 11) is 1.44. The highest BCUT2D eigenvalue weighted by Crippen LogP contribution is 2.67. The zero-order valence-electron chi connectivity index (χ0n) is 16.4. The summed E-state index contributed by atoms with van der Waals surface area (Å²) >= 11 is 0. The monoisotopic (exact) mass is 362 g/mol. The van der Waals surface area contributed by atoms with Crippen LogP contribution in [0.3, 0.4) is 0 Å². The molecule has 0 aromatic rings. The first-order valence-corrected chi connectivity index (χ1v) is 9.83. The van der Waals surface area contributed by atoms with Gasteiger partial charge in [0, 0.05) is 0 Å². The number of hydrogen-bond acceptors (Lipinski definition) is 5. The van der Waals surface area contributed by atoms with E-state index < -0.39 is 22.7 Å². The van der Waals surface area contributed by atoms with Crippen molar-refractivity contribution in [2.75, 3.05) is 7.11 Å². The van der Waals surface area contributed by atoms with E-state index in [0.717, 1.165) is 31.3 Å². The van der Waals surface area contributed by atoms with Crippen molar-refractivity contribution >= 4 is 11.8 Å². The van der Waals surface area contributed by atoms with E-state index in [4.69, 9.17) is 9.47 Å². The lowest BCUT2D eigenvalue weighted by atomic mass is 9.45. The number of aliphatic hydroxyl groups is 1. The Morgan fingerprint density at radius 2 is 2.00 bits per heavy atom. The van der Waals surface area contributed by atoms with Crippen molar-refractivity contribution < 1.29 is 24.2 Å². The van der Waals surface area contributed by atoms with Gasteiger partial charge in [-0.3, -0.25) is 9.59 Å². The van der Waals surface area contributed by atoms with Gasteiger partial charge in [-0.1, -0.05) is 27.2 Å². The molecule has 2 saturated carbocycles. The molecule has 0 unspecified atom stereocenters. The second-order valence-electron chi connectivity index (χ2n) is 9.56. The third-order valence-electron chi connectivity index (χ3n) is 8.08. The summed E-state index contributed by atoms with van der Waals surface area (Å²) < 4.78 is 11.0. The normalized spacial score (nSPS) is 49.7. The molecule has 0 spiro atoms. The number of rotatable bonds is 2. The molecule has 5 heteroatoms. The lowest BCUT2D eigenvalue weighted by molar-refractivity contribution is -0.167. The van der Waals surface area contributed by atoms with Gasteiger partial charge < -0.3 is 14.6 Å². The maximum Gasteiger partial charge on any atom is 0.311 e. The Hall–Kier alpha value is -1.20. The molecule has 0 aromatic heterocycles. The maximum absolute atomic E-state index is 13.0. The highest BCUT2D eigenvalue weighted by molar-refractivity contribution is 6.03. The van der Waals surface area contributed by atoms with Gasteiger partial charge in [-0.15, -0.1) is 0 Å². The standard InChI is InChI=1S/C21H30O5/c1-12(2)21-15(22)11-14-18(3)8-6-9-19(4,17(23)25-5)13(18)7-10-20(14,24)16(21)26-21/h11-13,16,24H,6-10H2,1-5H3/t13-,16-,18+,19-,20+,21+/m1/s1. The second kappa shape index (κ2) is 5.20. The molecule has 3 fully saturated rings. The first-order valence-electron chi connectivity index (χ1n) is 9.83. The molecule has 1 saturated heterocycles. The Morgan fingerprint density at radius 1 is 1.31 bits per heavy atom. The lowest BCUT2D eigenvalue weighted by Crippen LogP contribution is -2.61. The predicted molar refractivity (Wildman–Crippen MR) is 95.3 cm³/mol. The first-order chi connectivity index (χ1) is 12.1. The highest BCUT2D eigenvalue weighted by Gasteiger charge is 2.76. The van der Waals surface area contributed by atoms with Crippen molar-refractivity contribution in [1.82, 2.24) is 0 Å². The molecule has 144 valence electrons. The molecule has 1 heterocycles. The van der Waals surface area contributed by atoms with Crippen LogP contribution in [0, 0.1) is 22.7 Å². The Morgan fingerprint density at radius 3 is 2.62 bits per heavy atom. The van der Waals surface area contributed by atoms with Crippen LogP contribution < -0.4 is 0 Å². The van der Waals surface area contributed by atoms with Crippen LogP contribution in [0.4, 0.5) is 0 Å². The van der Waals surface area contributed by atoms with Crippen LogP contribution in [0.2, 0.25) is 0 Å². The third-order valence-corrected chi connectivity index (χ3v) is 8.08. The minimum atomic E-state index is -1.10. The molecule has 0 bridgehead atoms. The van der Waals surface area contributed by atoms with Crippen molar-refractivity contribution in [3.05, 3.63) is 11.6 Å². The SMILES string of the molecule is COC(=O)[C@]1(C)CCC[C@]2(C)C3=CC(=O)[C@]4(C(C)C)O[C@@H]4[C@]3(O)CC[C@@H]12. The summed E-state index contributed by atoms with van der Waals surface area (Å²) in [5.41, 5.74) is -2.14. The molecule has 0 radical (unpaired) electrons. The molecule has 1 N–H and O–H groups in total. The van der Waals surface area contributed by atoms with Gasteiger partial charge in [0.1, 0.15) is 11.7 Å². The third kappa shape index (κ3) is 1.89. The zero-order valence-corrected chi connectivity index (χ0v) is 16.4. The molecule has 3 aliphatic carbocycles. The van der Waals surface area contributed by atoms with E-state index in [1.807, 2.05) is 20.8 Å². The fourth-order valence-corrected chi connectivity index (χ4v) is 6.63. The van der Waals surface area contributed by atoms with Crippen LogP contribution in [0.15, 0.2) is 11.6 Å². The van der Waals surface area contributed by atoms with Crippen molar-refractivity contribution in [1.29, 1.82) is 0 Å². The zero-order chi connectivity index (χ0) is 19.1. The summed E-state index contributed by atoms with van der Waals surface area (Å²) in [6, 6.07) is 0. The summed E-state index contributed by atoms with van der Waals surface area (Å²) in [6.45, 7) is 8.05. The first kappa shape index (κ1) is 18.2. The maximum atomic E-state index is 13.0. The molecular formula is C21H30O5. The van der Waals surface area contributed by atoms with Crippen LogP contribution in [0.25, 0.3) is 0 Å². The van der Waals surface area contributed by atoms with Crippen molar-refractivity contribution in [2.24, 2.45) is 22.7 Å². The summed E-state index contributed by atoms with van der Waals surface area (Å²) in [5.74, 6) is -0.120. The fourth-order valence-electron chi connectivity index (χ4n) is 6.63. The number of epoxide rings is 1. The largest absolute Gasteiger partial charge is 0.469 e. The number of carbonyl (C=O) groups is 2. The van der Waals surface area contributed by atoms with Gasteiger partial charge in [-0.25, -0.2) is 0 Å². The Kier molecular flexibility index (Phi) is 3.63. The van der Waals surface area contributed by atoms with Gasteiger partial charge >= 0.3 is 5.97 Å². The van der Waals surface area contributed by atoms with E-state index in [1.165, 1.54) is 7.11 Å². The molecule has 1 aliphatic heterocycles. The molecular weight excluding hydrogens is 332 g/mol. The quantitative estimate of drug-likeness (QED) is 0.604. The summed E-state index contributed by atoms with van der Waals surface area (Å²) in [4.78, 5) is 25.6. The van der Waals surface area contributed by atoms with E-state index >= 15 is 0 Å². The number of esters is 1. The van der Waals surface area contributed by atoms with Crippen molar-refractivity contribution in [3.8, 4) is 0 Å². The van der Waals surface area contributed by atoms with Crippen molar-refractivity contribution in [2.45, 2.75) is 77.1 Å². The summed E-state index contributed by atoms with van der Waals surface area (Å²) in [6.07, 6.45) is 5.00. The molecule has 4 aliphatic rings. The average molecular weight is 362 g/mol. The molecule has 0 amide bonds. The lowest BCUT2D eigenvalue weighted by Gasteiger charge is -2.59. The number of fused-ring (bicyclic) bond motifs is 5. The van der Waals surface area contributed by atoms with Gasteiger partial charge in [0.2, 0.25) is 0 Å². The number of ether oxygens (including phenoxy) is 2. The summed E-state index contributed by atoms with van der Waals surface area (Å²) in [5, 5.41) is 11.6. The number of hydrogen-bond donors (Lipinski definition) is 1. The fraction of sp³-hybridized carbons (Fsp3) is 0.810. The van der Waals surface area contributed by atoms with E-state index in [1.54, 1.807) is 6.08 Å². The predicted octanol–water partition coefficient (Wildman–Crippen LogP) is 2.80. The minimum Gasteiger partial charge on any atom is -0.469 e. The van der Waals surface area contributed by atoms with Gasteiger partial charge in [0.05, 0.1) is 12.5 Å². The van der Waals surface area contributed by atoms with Gasteiger partial charge in [-0.05, 0) is 61.5 Å². The van der Waals surface area contributed by atoms with Crippen LogP contribution >= 0.6 is 0 Å². The molecule has 26 heavy (non-hydrogen) atoms. The van der Waals surface area contributed by atoms with Gasteiger partial charge in [0.25, 0.3) is 0 Å². The van der Waals surface area contributed by atoms with Gasteiger partial charge in [-0.2, -0.15) is 0 Å². The van der Waals surface area contributed by atoms with E-state index in [9.17, 15) is 14.7 Å². The van der Waals surface area contributed by atoms with E-state index in [-0.39, 0.29) is 29.0 Å². The highest BCUT2D eigenvalue weighted by atomic mass is 16.6.